The van der Waals surface area contributed by atoms with E-state index in [4.69, 9.17) is 5.73 Å². The molecule has 2 unspecified atom stereocenters. The number of likely N-dealkylation sites (tertiary alicyclic amines) is 1. The van der Waals surface area contributed by atoms with Gasteiger partial charge in [0.1, 0.15) is 0 Å². The SMILES string of the molecule is Cc1ccc(C(CN)C2CCCN(C)C2)c(C)c1. The zero-order chi connectivity index (χ0) is 13.1. The first-order valence-electron chi connectivity index (χ1n) is 7.07. The van der Waals surface area contributed by atoms with E-state index in [9.17, 15) is 0 Å². The number of piperidine rings is 1. The Bertz CT molecular complexity index is 400. The molecule has 0 spiro atoms. The molecule has 2 rings (SSSR count). The van der Waals surface area contributed by atoms with Crippen molar-refractivity contribution in [2.24, 2.45) is 11.7 Å². The predicted molar refractivity (Wildman–Crippen MR) is 77.9 cm³/mol. The Morgan fingerprint density at radius 1 is 1.39 bits per heavy atom. The van der Waals surface area contributed by atoms with E-state index >= 15 is 0 Å². The summed E-state index contributed by atoms with van der Waals surface area (Å²) in [5.74, 6) is 1.24. The molecule has 18 heavy (non-hydrogen) atoms. The molecule has 1 aliphatic heterocycles. The Hall–Kier alpha value is -0.860. The number of nitrogens with zero attached hydrogens (tertiary/aromatic N) is 1. The molecular weight excluding hydrogens is 220 g/mol. The van der Waals surface area contributed by atoms with Crippen LogP contribution in [0.25, 0.3) is 0 Å². The molecule has 1 aliphatic rings. The van der Waals surface area contributed by atoms with E-state index in [0.29, 0.717) is 5.92 Å². The van der Waals surface area contributed by atoms with Gasteiger partial charge < -0.3 is 10.6 Å². The summed E-state index contributed by atoms with van der Waals surface area (Å²) in [7, 11) is 2.22. The fourth-order valence-electron chi connectivity index (χ4n) is 3.35. The van der Waals surface area contributed by atoms with Crippen LogP contribution in [-0.2, 0) is 0 Å². The van der Waals surface area contributed by atoms with Crippen molar-refractivity contribution in [1.82, 2.24) is 4.90 Å². The monoisotopic (exact) mass is 246 g/mol. The van der Waals surface area contributed by atoms with Crippen LogP contribution in [0.2, 0.25) is 0 Å². The summed E-state index contributed by atoms with van der Waals surface area (Å²) in [4.78, 5) is 2.44. The molecule has 1 heterocycles. The zero-order valence-electron chi connectivity index (χ0n) is 11.9. The highest BCUT2D eigenvalue weighted by atomic mass is 15.1. The lowest BCUT2D eigenvalue weighted by atomic mass is 9.79. The molecule has 0 aromatic heterocycles. The standard InChI is InChI=1S/C16H26N2/c1-12-6-7-15(13(2)9-12)16(10-17)14-5-4-8-18(3)11-14/h6-7,9,14,16H,4-5,8,10-11,17H2,1-3H3. The first kappa shape index (κ1) is 13.6. The van der Waals surface area contributed by atoms with Gasteiger partial charge in [-0.25, -0.2) is 0 Å². The molecule has 1 aromatic carbocycles. The van der Waals surface area contributed by atoms with Gasteiger partial charge >= 0.3 is 0 Å². The number of hydrogen-bond donors (Lipinski definition) is 1. The molecule has 2 heteroatoms. The summed E-state index contributed by atoms with van der Waals surface area (Å²) in [6.45, 7) is 7.57. The topological polar surface area (TPSA) is 29.3 Å². The molecular formula is C16H26N2. The van der Waals surface area contributed by atoms with Crippen LogP contribution in [0.1, 0.15) is 35.4 Å². The van der Waals surface area contributed by atoms with Crippen molar-refractivity contribution in [1.29, 1.82) is 0 Å². The van der Waals surface area contributed by atoms with Crippen LogP contribution >= 0.6 is 0 Å². The van der Waals surface area contributed by atoms with Gasteiger partial charge in [-0.3, -0.25) is 0 Å². The van der Waals surface area contributed by atoms with Gasteiger partial charge in [0.2, 0.25) is 0 Å². The molecule has 2 N–H and O–H groups in total. The van der Waals surface area contributed by atoms with Gasteiger partial charge in [-0.05, 0) is 63.9 Å². The van der Waals surface area contributed by atoms with Crippen molar-refractivity contribution in [2.75, 3.05) is 26.7 Å². The Balaban J connectivity index is 2.21. The summed E-state index contributed by atoms with van der Waals surface area (Å²) >= 11 is 0. The van der Waals surface area contributed by atoms with E-state index in [1.165, 1.54) is 42.6 Å². The average Bonchev–Trinajstić information content (AvgIpc) is 2.33. The van der Waals surface area contributed by atoms with Crippen LogP contribution in [0.15, 0.2) is 18.2 Å². The zero-order valence-corrected chi connectivity index (χ0v) is 11.9. The largest absolute Gasteiger partial charge is 0.330 e. The van der Waals surface area contributed by atoms with Crippen molar-refractivity contribution in [3.05, 3.63) is 34.9 Å². The van der Waals surface area contributed by atoms with Crippen molar-refractivity contribution < 1.29 is 0 Å². The summed E-state index contributed by atoms with van der Waals surface area (Å²) in [6, 6.07) is 6.79. The summed E-state index contributed by atoms with van der Waals surface area (Å²) in [5.41, 5.74) is 10.3. The highest BCUT2D eigenvalue weighted by Gasteiger charge is 2.26. The quantitative estimate of drug-likeness (QED) is 0.888. The van der Waals surface area contributed by atoms with Gasteiger partial charge in [-0.2, -0.15) is 0 Å². The first-order valence-corrected chi connectivity index (χ1v) is 7.07. The minimum absolute atomic E-state index is 0.522. The molecule has 1 saturated heterocycles. The lowest BCUT2D eigenvalue weighted by Gasteiger charge is -2.35. The number of rotatable bonds is 3. The average molecular weight is 246 g/mol. The molecule has 0 aliphatic carbocycles. The van der Waals surface area contributed by atoms with Gasteiger partial charge in [0.25, 0.3) is 0 Å². The molecule has 0 saturated carbocycles. The number of aryl methyl sites for hydroxylation is 2. The summed E-state index contributed by atoms with van der Waals surface area (Å²) < 4.78 is 0. The molecule has 0 amide bonds. The van der Waals surface area contributed by atoms with Gasteiger partial charge in [-0.1, -0.05) is 23.8 Å². The van der Waals surface area contributed by atoms with Crippen molar-refractivity contribution in [3.8, 4) is 0 Å². The Morgan fingerprint density at radius 2 is 2.17 bits per heavy atom. The second-order valence-electron chi connectivity index (χ2n) is 5.87. The second kappa shape index (κ2) is 5.85. The third kappa shape index (κ3) is 2.93. The Morgan fingerprint density at radius 3 is 2.78 bits per heavy atom. The Labute approximate surface area is 111 Å². The van der Waals surface area contributed by atoms with Gasteiger partial charge in [0.05, 0.1) is 0 Å². The maximum Gasteiger partial charge on any atom is 0.00129 e. The summed E-state index contributed by atoms with van der Waals surface area (Å²) in [6.07, 6.45) is 2.63. The van der Waals surface area contributed by atoms with Crippen LogP contribution in [0.4, 0.5) is 0 Å². The normalized spacial score (nSPS) is 23.0. The third-order valence-electron chi connectivity index (χ3n) is 4.31. The maximum absolute atomic E-state index is 6.07. The van der Waals surface area contributed by atoms with Crippen LogP contribution < -0.4 is 5.73 Å². The molecule has 100 valence electrons. The minimum Gasteiger partial charge on any atom is -0.330 e. The van der Waals surface area contributed by atoms with Gasteiger partial charge in [-0.15, -0.1) is 0 Å². The van der Waals surface area contributed by atoms with Gasteiger partial charge in [0.15, 0.2) is 0 Å². The minimum atomic E-state index is 0.522. The van der Waals surface area contributed by atoms with Crippen molar-refractivity contribution in [3.63, 3.8) is 0 Å². The lowest BCUT2D eigenvalue weighted by Crippen LogP contribution is -2.37. The van der Waals surface area contributed by atoms with E-state index in [2.05, 4.69) is 44.0 Å². The Kier molecular flexibility index (Phi) is 4.41. The number of benzene rings is 1. The second-order valence-corrected chi connectivity index (χ2v) is 5.87. The lowest BCUT2D eigenvalue weighted by molar-refractivity contribution is 0.188. The highest BCUT2D eigenvalue weighted by molar-refractivity contribution is 5.34. The van der Waals surface area contributed by atoms with Crippen LogP contribution in [-0.4, -0.2) is 31.6 Å². The van der Waals surface area contributed by atoms with Crippen molar-refractivity contribution >= 4 is 0 Å². The highest BCUT2D eigenvalue weighted by Crippen LogP contribution is 2.32. The van der Waals surface area contributed by atoms with E-state index < -0.39 is 0 Å². The van der Waals surface area contributed by atoms with E-state index in [1.807, 2.05) is 0 Å². The number of nitrogens with two attached hydrogens (primary N) is 1. The first-order chi connectivity index (χ1) is 8.61. The molecule has 2 atom stereocenters. The van der Waals surface area contributed by atoms with Gasteiger partial charge in [0, 0.05) is 12.5 Å². The molecule has 1 aromatic rings. The van der Waals surface area contributed by atoms with E-state index in [1.54, 1.807) is 0 Å². The van der Waals surface area contributed by atoms with Crippen LogP contribution in [0, 0.1) is 19.8 Å². The third-order valence-corrected chi connectivity index (χ3v) is 4.31. The maximum atomic E-state index is 6.07. The number of hydrogen-bond acceptors (Lipinski definition) is 2. The predicted octanol–water partition coefficient (Wildman–Crippen LogP) is 2.69. The molecule has 0 bridgehead atoms. The van der Waals surface area contributed by atoms with E-state index in [-0.39, 0.29) is 0 Å². The van der Waals surface area contributed by atoms with Crippen LogP contribution in [0.5, 0.6) is 0 Å². The molecule has 2 nitrogen and oxygen atoms in total. The summed E-state index contributed by atoms with van der Waals surface area (Å²) in [5, 5.41) is 0. The fraction of sp³-hybridized carbons (Fsp3) is 0.625. The molecule has 0 radical (unpaired) electrons. The smallest absolute Gasteiger partial charge is 0.00129 e. The van der Waals surface area contributed by atoms with E-state index in [0.717, 1.165) is 12.5 Å². The van der Waals surface area contributed by atoms with Crippen LogP contribution in [0.3, 0.4) is 0 Å². The van der Waals surface area contributed by atoms with Crippen molar-refractivity contribution in [2.45, 2.75) is 32.6 Å². The molecule has 1 fully saturated rings. The fourth-order valence-corrected chi connectivity index (χ4v) is 3.35.